The molecule has 1 aromatic heterocycles. The number of ether oxygens (including phenoxy) is 1. The molecule has 0 fully saturated rings. The SMILES string of the molecule is COc1ccc(C2=NN(C(C)C)C(=O)[C@@H]3CC=CC[C@H]23)cc1C#CC(=O)NCc1cccs1. The number of hydrogen-bond donors (Lipinski definition) is 1. The number of rotatable bonds is 5. The van der Waals surface area contributed by atoms with Gasteiger partial charge in [0.05, 0.1) is 30.8 Å². The van der Waals surface area contributed by atoms with Crippen LogP contribution in [-0.2, 0) is 16.1 Å². The zero-order valence-electron chi connectivity index (χ0n) is 19.0. The zero-order chi connectivity index (χ0) is 23.4. The standard InChI is InChI=1S/C26H27N3O3S/c1-17(2)29-26(31)22-9-5-4-8-21(22)25(28-29)19-10-12-23(32-3)18(15-19)11-13-24(30)27-16-20-7-6-14-33-20/h4-7,10,12,14-15,17,21-22H,8-9,16H2,1-3H3,(H,27,30)/t21-,22+/m0/s1. The minimum Gasteiger partial charge on any atom is -0.495 e. The Balaban J connectivity index is 1.63. The first kappa shape index (κ1) is 22.8. The molecule has 1 N–H and O–H groups in total. The van der Waals surface area contributed by atoms with Crippen molar-refractivity contribution in [3.63, 3.8) is 0 Å². The molecule has 2 atom stereocenters. The van der Waals surface area contributed by atoms with Gasteiger partial charge in [0, 0.05) is 22.8 Å². The lowest BCUT2D eigenvalue weighted by Crippen LogP contribution is -2.47. The molecule has 2 amide bonds. The Hall–Kier alpha value is -3.37. The first-order chi connectivity index (χ1) is 16.0. The smallest absolute Gasteiger partial charge is 0.296 e. The van der Waals surface area contributed by atoms with Gasteiger partial charge in [0.25, 0.3) is 5.91 Å². The van der Waals surface area contributed by atoms with Gasteiger partial charge >= 0.3 is 0 Å². The summed E-state index contributed by atoms with van der Waals surface area (Å²) < 4.78 is 5.47. The first-order valence-corrected chi connectivity index (χ1v) is 11.9. The third kappa shape index (κ3) is 5.01. The van der Waals surface area contributed by atoms with E-state index >= 15 is 0 Å². The van der Waals surface area contributed by atoms with Crippen LogP contribution in [0, 0.1) is 23.7 Å². The van der Waals surface area contributed by atoms with Gasteiger partial charge in [0.15, 0.2) is 0 Å². The molecule has 33 heavy (non-hydrogen) atoms. The molecule has 2 aliphatic rings. The lowest BCUT2D eigenvalue weighted by atomic mass is 9.76. The number of amides is 2. The monoisotopic (exact) mass is 461 g/mol. The minimum atomic E-state index is -0.347. The van der Waals surface area contributed by atoms with Gasteiger partial charge in [-0.15, -0.1) is 11.3 Å². The van der Waals surface area contributed by atoms with E-state index in [0.29, 0.717) is 17.9 Å². The third-order valence-electron chi connectivity index (χ3n) is 5.84. The van der Waals surface area contributed by atoms with E-state index in [2.05, 4.69) is 29.3 Å². The minimum absolute atomic E-state index is 0.0242. The summed E-state index contributed by atoms with van der Waals surface area (Å²) in [6.07, 6.45) is 5.70. The van der Waals surface area contributed by atoms with Crippen molar-refractivity contribution in [1.82, 2.24) is 10.3 Å². The van der Waals surface area contributed by atoms with E-state index in [9.17, 15) is 9.59 Å². The number of carbonyl (C=O) groups is 2. The van der Waals surface area contributed by atoms with Crippen molar-refractivity contribution in [3.05, 3.63) is 63.9 Å². The van der Waals surface area contributed by atoms with Crippen molar-refractivity contribution in [2.75, 3.05) is 7.11 Å². The number of benzene rings is 1. The van der Waals surface area contributed by atoms with Crippen LogP contribution in [0.3, 0.4) is 0 Å². The molecule has 0 unspecified atom stereocenters. The molecule has 1 aliphatic carbocycles. The summed E-state index contributed by atoms with van der Waals surface area (Å²) in [4.78, 5) is 26.3. The number of nitrogens with zero attached hydrogens (tertiary/aromatic N) is 2. The maximum Gasteiger partial charge on any atom is 0.296 e. The first-order valence-electron chi connectivity index (χ1n) is 11.0. The highest BCUT2D eigenvalue weighted by atomic mass is 32.1. The van der Waals surface area contributed by atoms with Crippen LogP contribution in [-0.4, -0.2) is 35.7 Å². The molecule has 1 aliphatic heterocycles. The predicted octanol–water partition coefficient (Wildman–Crippen LogP) is 3.96. The van der Waals surface area contributed by atoms with Gasteiger partial charge in [-0.05, 0) is 61.9 Å². The fraction of sp³-hybridized carbons (Fsp3) is 0.346. The fourth-order valence-corrected chi connectivity index (χ4v) is 4.80. The predicted molar refractivity (Wildman–Crippen MR) is 130 cm³/mol. The Kier molecular flexibility index (Phi) is 6.95. The molecule has 4 rings (SSSR count). The highest BCUT2D eigenvalue weighted by Gasteiger charge is 2.40. The Labute approximate surface area is 198 Å². The van der Waals surface area contributed by atoms with Crippen molar-refractivity contribution in [2.45, 2.75) is 39.3 Å². The molecular weight excluding hydrogens is 434 g/mol. The molecule has 0 bridgehead atoms. The van der Waals surface area contributed by atoms with E-state index in [1.54, 1.807) is 23.5 Å². The molecule has 1 aromatic carbocycles. The number of fused-ring (bicyclic) bond motifs is 1. The van der Waals surface area contributed by atoms with Crippen molar-refractivity contribution >= 4 is 28.9 Å². The molecule has 0 saturated carbocycles. The van der Waals surface area contributed by atoms with Crippen molar-refractivity contribution < 1.29 is 14.3 Å². The zero-order valence-corrected chi connectivity index (χ0v) is 19.8. The van der Waals surface area contributed by atoms with Gasteiger partial charge in [-0.3, -0.25) is 9.59 Å². The normalized spacial score (nSPS) is 19.5. The number of allylic oxidation sites excluding steroid dienone is 2. The second kappa shape index (κ2) is 10.1. The molecule has 0 radical (unpaired) electrons. The highest BCUT2D eigenvalue weighted by Crippen LogP contribution is 2.36. The van der Waals surface area contributed by atoms with Gasteiger partial charge in [-0.1, -0.05) is 24.1 Å². The van der Waals surface area contributed by atoms with Crippen LogP contribution < -0.4 is 10.1 Å². The van der Waals surface area contributed by atoms with Gasteiger partial charge < -0.3 is 10.1 Å². The maximum absolute atomic E-state index is 13.0. The van der Waals surface area contributed by atoms with Gasteiger partial charge in [0.2, 0.25) is 5.91 Å². The summed E-state index contributed by atoms with van der Waals surface area (Å²) in [6.45, 7) is 4.39. The molecule has 6 nitrogen and oxygen atoms in total. The molecular formula is C26H27N3O3S. The van der Waals surface area contributed by atoms with Crippen LogP contribution in [0.5, 0.6) is 5.75 Å². The Bertz CT molecular complexity index is 1160. The molecule has 170 valence electrons. The summed E-state index contributed by atoms with van der Waals surface area (Å²) in [6, 6.07) is 9.58. The largest absolute Gasteiger partial charge is 0.495 e. The van der Waals surface area contributed by atoms with Gasteiger partial charge in [-0.2, -0.15) is 5.10 Å². The van der Waals surface area contributed by atoms with Crippen molar-refractivity contribution in [1.29, 1.82) is 0 Å². The summed E-state index contributed by atoms with van der Waals surface area (Å²) >= 11 is 1.59. The second-order valence-electron chi connectivity index (χ2n) is 8.34. The van der Waals surface area contributed by atoms with E-state index < -0.39 is 0 Å². The van der Waals surface area contributed by atoms with E-state index in [-0.39, 0.29) is 29.7 Å². The van der Waals surface area contributed by atoms with E-state index in [4.69, 9.17) is 9.84 Å². The number of hydrazone groups is 1. The van der Waals surface area contributed by atoms with E-state index in [1.165, 1.54) is 0 Å². The Morgan fingerprint density at radius 1 is 1.27 bits per heavy atom. The summed E-state index contributed by atoms with van der Waals surface area (Å²) in [5.74, 6) is 5.87. The maximum atomic E-state index is 13.0. The Morgan fingerprint density at radius 2 is 2.06 bits per heavy atom. The lowest BCUT2D eigenvalue weighted by Gasteiger charge is -2.38. The van der Waals surface area contributed by atoms with Crippen molar-refractivity contribution in [2.24, 2.45) is 16.9 Å². The van der Waals surface area contributed by atoms with Crippen LogP contribution >= 0.6 is 11.3 Å². The van der Waals surface area contributed by atoms with Crippen LogP contribution in [0.15, 0.2) is 53.0 Å². The summed E-state index contributed by atoms with van der Waals surface area (Å²) in [5, 5.41) is 11.1. The van der Waals surface area contributed by atoms with Crippen LogP contribution in [0.25, 0.3) is 0 Å². The quantitative estimate of drug-likeness (QED) is 0.541. The molecule has 0 spiro atoms. The average molecular weight is 462 g/mol. The third-order valence-corrected chi connectivity index (χ3v) is 6.72. The molecule has 7 heteroatoms. The topological polar surface area (TPSA) is 71.0 Å². The average Bonchev–Trinajstić information content (AvgIpc) is 3.35. The number of hydrogen-bond acceptors (Lipinski definition) is 5. The van der Waals surface area contributed by atoms with Crippen LogP contribution in [0.2, 0.25) is 0 Å². The number of carbonyl (C=O) groups excluding carboxylic acids is 2. The number of methoxy groups -OCH3 is 1. The number of nitrogens with one attached hydrogen (secondary N) is 1. The van der Waals surface area contributed by atoms with E-state index in [0.717, 1.165) is 29.0 Å². The van der Waals surface area contributed by atoms with Crippen LogP contribution in [0.4, 0.5) is 0 Å². The second-order valence-corrected chi connectivity index (χ2v) is 9.38. The molecule has 2 aromatic rings. The highest BCUT2D eigenvalue weighted by molar-refractivity contribution is 7.09. The van der Waals surface area contributed by atoms with E-state index in [1.807, 2.05) is 49.6 Å². The molecule has 0 saturated heterocycles. The van der Waals surface area contributed by atoms with Crippen LogP contribution in [0.1, 0.15) is 42.7 Å². The summed E-state index contributed by atoms with van der Waals surface area (Å²) in [5.41, 5.74) is 2.38. The lowest BCUT2D eigenvalue weighted by molar-refractivity contribution is -0.139. The van der Waals surface area contributed by atoms with Crippen molar-refractivity contribution in [3.8, 4) is 17.6 Å². The van der Waals surface area contributed by atoms with Gasteiger partial charge in [0.1, 0.15) is 5.75 Å². The summed E-state index contributed by atoms with van der Waals surface area (Å²) in [7, 11) is 1.58. The number of thiophene rings is 1. The fourth-order valence-electron chi connectivity index (χ4n) is 4.15. The Morgan fingerprint density at radius 3 is 2.76 bits per heavy atom. The molecule has 2 heterocycles. The van der Waals surface area contributed by atoms with Gasteiger partial charge in [-0.25, -0.2) is 5.01 Å².